The van der Waals surface area contributed by atoms with E-state index in [9.17, 15) is 8.42 Å². The molecule has 90 valence electrons. The van der Waals surface area contributed by atoms with E-state index in [1.54, 1.807) is 12.3 Å². The van der Waals surface area contributed by atoms with E-state index in [1.807, 2.05) is 0 Å². The third-order valence-electron chi connectivity index (χ3n) is 2.77. The van der Waals surface area contributed by atoms with Crippen LogP contribution in [0, 0.1) is 0 Å². The van der Waals surface area contributed by atoms with Gasteiger partial charge in [0.1, 0.15) is 17.2 Å². The standard InChI is InChI=1S/C10H8ClNO4S/c11-17(13,14)5-8-6-1-2-9-7(3-4-15-9)10(6)16-12-8/h3-4H,1-2,5H2. The molecule has 2 aromatic heterocycles. The lowest BCUT2D eigenvalue weighted by atomic mass is 9.95. The lowest BCUT2D eigenvalue weighted by molar-refractivity contribution is 0.421. The van der Waals surface area contributed by atoms with Gasteiger partial charge in [-0.1, -0.05) is 5.16 Å². The van der Waals surface area contributed by atoms with Gasteiger partial charge in [-0.25, -0.2) is 8.42 Å². The topological polar surface area (TPSA) is 73.3 Å². The number of furan rings is 1. The molecule has 0 amide bonds. The second-order valence-corrected chi connectivity index (χ2v) is 6.65. The maximum atomic E-state index is 11.0. The van der Waals surface area contributed by atoms with Crippen molar-refractivity contribution in [1.82, 2.24) is 5.16 Å². The number of hydrogen-bond acceptors (Lipinski definition) is 5. The molecule has 2 aromatic rings. The van der Waals surface area contributed by atoms with Crippen molar-refractivity contribution in [2.75, 3.05) is 0 Å². The van der Waals surface area contributed by atoms with Crippen molar-refractivity contribution >= 4 is 19.7 Å². The van der Waals surface area contributed by atoms with Crippen LogP contribution in [-0.2, 0) is 27.6 Å². The summed E-state index contributed by atoms with van der Waals surface area (Å²) in [4.78, 5) is 0. The first-order chi connectivity index (χ1) is 8.04. The molecule has 7 heteroatoms. The van der Waals surface area contributed by atoms with Gasteiger partial charge in [-0.3, -0.25) is 0 Å². The number of nitrogens with zero attached hydrogens (tertiary/aromatic N) is 1. The zero-order valence-corrected chi connectivity index (χ0v) is 10.2. The number of rotatable bonds is 2. The number of hydrogen-bond donors (Lipinski definition) is 0. The zero-order valence-electron chi connectivity index (χ0n) is 8.64. The van der Waals surface area contributed by atoms with Crippen LogP contribution in [0.1, 0.15) is 17.0 Å². The van der Waals surface area contributed by atoms with Gasteiger partial charge in [0.05, 0.1) is 11.8 Å². The van der Waals surface area contributed by atoms with E-state index in [0.717, 1.165) is 16.9 Å². The summed E-state index contributed by atoms with van der Waals surface area (Å²) >= 11 is 0. The molecule has 0 fully saturated rings. The van der Waals surface area contributed by atoms with E-state index in [0.29, 0.717) is 24.3 Å². The first-order valence-electron chi connectivity index (χ1n) is 5.01. The number of aromatic nitrogens is 1. The van der Waals surface area contributed by atoms with Crippen LogP contribution in [0.15, 0.2) is 21.3 Å². The van der Waals surface area contributed by atoms with Crippen LogP contribution >= 0.6 is 10.7 Å². The smallest absolute Gasteiger partial charge is 0.238 e. The van der Waals surface area contributed by atoms with Crippen molar-refractivity contribution < 1.29 is 17.4 Å². The summed E-state index contributed by atoms with van der Waals surface area (Å²) in [6.45, 7) is 0. The molecular formula is C10H8ClNO4S. The van der Waals surface area contributed by atoms with Gasteiger partial charge in [0, 0.05) is 22.7 Å². The maximum Gasteiger partial charge on any atom is 0.238 e. The Balaban J connectivity index is 2.09. The number of fused-ring (bicyclic) bond motifs is 3. The van der Waals surface area contributed by atoms with Gasteiger partial charge in [-0.15, -0.1) is 0 Å². The first-order valence-corrected chi connectivity index (χ1v) is 7.49. The summed E-state index contributed by atoms with van der Waals surface area (Å²) in [5.41, 5.74) is 2.04. The zero-order chi connectivity index (χ0) is 12.0. The maximum absolute atomic E-state index is 11.0. The molecule has 0 spiro atoms. The molecule has 2 heterocycles. The van der Waals surface area contributed by atoms with E-state index < -0.39 is 9.05 Å². The molecule has 0 unspecified atom stereocenters. The second-order valence-electron chi connectivity index (χ2n) is 3.88. The highest BCUT2D eigenvalue weighted by atomic mass is 35.7. The fourth-order valence-corrected chi connectivity index (χ4v) is 2.93. The molecule has 3 rings (SSSR count). The van der Waals surface area contributed by atoms with Crippen molar-refractivity contribution in [3.05, 3.63) is 29.3 Å². The van der Waals surface area contributed by atoms with E-state index in [-0.39, 0.29) is 5.75 Å². The normalized spacial score (nSPS) is 14.4. The molecule has 17 heavy (non-hydrogen) atoms. The molecule has 0 saturated carbocycles. The van der Waals surface area contributed by atoms with Gasteiger partial charge >= 0.3 is 0 Å². The third kappa shape index (κ3) is 1.87. The van der Waals surface area contributed by atoms with Crippen LogP contribution < -0.4 is 0 Å². The largest absolute Gasteiger partial charge is 0.469 e. The summed E-state index contributed by atoms with van der Waals surface area (Å²) in [7, 11) is 1.60. The van der Waals surface area contributed by atoms with E-state index in [1.165, 1.54) is 0 Å². The molecule has 0 bridgehead atoms. The molecule has 1 aliphatic carbocycles. The third-order valence-corrected chi connectivity index (χ3v) is 3.72. The molecular weight excluding hydrogens is 266 g/mol. The quantitative estimate of drug-likeness (QED) is 0.784. The average Bonchev–Trinajstić information content (AvgIpc) is 2.81. The van der Waals surface area contributed by atoms with Crippen LogP contribution in [0.5, 0.6) is 0 Å². The Morgan fingerprint density at radius 3 is 3.00 bits per heavy atom. The van der Waals surface area contributed by atoms with Crippen LogP contribution in [0.2, 0.25) is 0 Å². The fraction of sp³-hybridized carbons (Fsp3) is 0.300. The molecule has 0 radical (unpaired) electrons. The van der Waals surface area contributed by atoms with Gasteiger partial charge in [0.15, 0.2) is 5.76 Å². The van der Waals surface area contributed by atoms with Crippen molar-refractivity contribution in [3.8, 4) is 11.3 Å². The summed E-state index contributed by atoms with van der Waals surface area (Å²) in [6, 6.07) is 1.79. The fourth-order valence-electron chi connectivity index (χ4n) is 2.06. The predicted molar refractivity (Wildman–Crippen MR) is 60.1 cm³/mol. The lowest BCUT2D eigenvalue weighted by Gasteiger charge is -2.08. The summed E-state index contributed by atoms with van der Waals surface area (Å²) in [6.07, 6.45) is 2.95. The predicted octanol–water partition coefficient (Wildman–Crippen LogP) is 2.10. The minimum atomic E-state index is -3.62. The van der Waals surface area contributed by atoms with Crippen LogP contribution in [0.3, 0.4) is 0 Å². The monoisotopic (exact) mass is 273 g/mol. The average molecular weight is 274 g/mol. The molecule has 0 N–H and O–H groups in total. The highest BCUT2D eigenvalue weighted by Gasteiger charge is 2.27. The Labute approximate surface area is 102 Å². The van der Waals surface area contributed by atoms with Gasteiger partial charge in [0.25, 0.3) is 0 Å². The Kier molecular flexibility index (Phi) is 2.31. The van der Waals surface area contributed by atoms with Gasteiger partial charge in [-0.2, -0.15) is 0 Å². The van der Waals surface area contributed by atoms with Crippen molar-refractivity contribution in [2.45, 2.75) is 18.6 Å². The minimum absolute atomic E-state index is 0.305. The van der Waals surface area contributed by atoms with Gasteiger partial charge in [0.2, 0.25) is 9.05 Å². The van der Waals surface area contributed by atoms with Crippen LogP contribution in [-0.4, -0.2) is 13.6 Å². The Morgan fingerprint density at radius 2 is 2.24 bits per heavy atom. The highest BCUT2D eigenvalue weighted by Crippen LogP contribution is 2.36. The second kappa shape index (κ2) is 3.61. The van der Waals surface area contributed by atoms with Gasteiger partial charge < -0.3 is 8.94 Å². The molecule has 1 aliphatic rings. The molecule has 0 saturated heterocycles. The van der Waals surface area contributed by atoms with E-state index in [2.05, 4.69) is 5.16 Å². The first kappa shape index (κ1) is 10.9. The number of aryl methyl sites for hydroxylation is 1. The summed E-state index contributed by atoms with van der Waals surface area (Å²) in [5.74, 6) is 1.13. The number of halogens is 1. The Bertz CT molecular complexity index is 670. The van der Waals surface area contributed by atoms with E-state index >= 15 is 0 Å². The SMILES string of the molecule is O=S(=O)(Cl)Cc1noc2c1CCc1occc1-2. The van der Waals surface area contributed by atoms with Crippen molar-refractivity contribution in [3.63, 3.8) is 0 Å². The minimum Gasteiger partial charge on any atom is -0.469 e. The Hall–Kier alpha value is -1.27. The summed E-state index contributed by atoms with van der Waals surface area (Å²) in [5, 5.41) is 3.78. The molecule has 0 atom stereocenters. The lowest BCUT2D eigenvalue weighted by Crippen LogP contribution is -2.04. The van der Waals surface area contributed by atoms with E-state index in [4.69, 9.17) is 19.6 Å². The molecule has 5 nitrogen and oxygen atoms in total. The highest BCUT2D eigenvalue weighted by molar-refractivity contribution is 8.13. The molecule has 0 aliphatic heterocycles. The van der Waals surface area contributed by atoms with Crippen molar-refractivity contribution in [1.29, 1.82) is 0 Å². The van der Waals surface area contributed by atoms with Crippen LogP contribution in [0.4, 0.5) is 0 Å². The molecule has 0 aromatic carbocycles. The summed E-state index contributed by atoms with van der Waals surface area (Å²) < 4.78 is 32.6. The van der Waals surface area contributed by atoms with Crippen molar-refractivity contribution in [2.24, 2.45) is 0 Å². The van der Waals surface area contributed by atoms with Gasteiger partial charge in [-0.05, 0) is 12.5 Å². The Morgan fingerprint density at radius 1 is 1.41 bits per heavy atom. The van der Waals surface area contributed by atoms with Crippen LogP contribution in [0.25, 0.3) is 11.3 Å².